The van der Waals surface area contributed by atoms with Crippen LogP contribution >= 0.6 is 11.9 Å². The molecule has 2 rings (SSSR count). The number of nitro groups is 2. The maximum absolute atomic E-state index is 11.3. The molecule has 0 aliphatic rings. The fourth-order valence-corrected chi connectivity index (χ4v) is 3.24. The van der Waals surface area contributed by atoms with Crippen LogP contribution in [0.3, 0.4) is 0 Å². The third-order valence-electron chi connectivity index (χ3n) is 3.51. The van der Waals surface area contributed by atoms with Gasteiger partial charge in [0.05, 0.1) is 9.85 Å². The van der Waals surface area contributed by atoms with Gasteiger partial charge in [-0.2, -0.15) is 0 Å². The minimum Gasteiger partial charge on any atom is -0.289 e. The number of nitrogens with zero attached hydrogens (tertiary/aromatic N) is 3. The second kappa shape index (κ2) is 9.62. The van der Waals surface area contributed by atoms with Crippen molar-refractivity contribution in [2.75, 3.05) is 6.54 Å². The van der Waals surface area contributed by atoms with Crippen LogP contribution in [0, 0.1) is 20.2 Å². The number of amides is 1. The predicted octanol–water partition coefficient (Wildman–Crippen LogP) is 2.91. The van der Waals surface area contributed by atoms with Gasteiger partial charge in [0.25, 0.3) is 11.4 Å². The largest absolute Gasteiger partial charge is 0.289 e. The molecule has 0 atom stereocenters. The minimum atomic E-state index is -0.591. The van der Waals surface area contributed by atoms with Crippen molar-refractivity contribution in [2.45, 2.75) is 17.9 Å². The molecule has 0 heterocycles. The van der Waals surface area contributed by atoms with Crippen molar-refractivity contribution in [3.8, 4) is 0 Å². The van der Waals surface area contributed by atoms with Crippen LogP contribution in [-0.4, -0.2) is 31.8 Å². The zero-order chi connectivity index (χ0) is 19.8. The van der Waals surface area contributed by atoms with E-state index in [0.29, 0.717) is 4.90 Å². The molecule has 142 valence electrons. The Morgan fingerprint density at radius 1 is 1.07 bits per heavy atom. The Balaban J connectivity index is 2.19. The molecule has 0 spiro atoms. The van der Waals surface area contributed by atoms with E-state index in [1.807, 2.05) is 0 Å². The van der Waals surface area contributed by atoms with Crippen LogP contribution in [0.1, 0.15) is 12.0 Å². The quantitative estimate of drug-likeness (QED) is 0.287. The van der Waals surface area contributed by atoms with Crippen LogP contribution in [0.2, 0.25) is 0 Å². The van der Waals surface area contributed by atoms with E-state index in [9.17, 15) is 25.0 Å². The highest BCUT2D eigenvalue weighted by Gasteiger charge is 2.18. The fourth-order valence-electron chi connectivity index (χ4n) is 2.19. The van der Waals surface area contributed by atoms with Gasteiger partial charge in [0.2, 0.25) is 5.91 Å². The van der Waals surface area contributed by atoms with E-state index < -0.39 is 15.8 Å². The first-order chi connectivity index (χ1) is 12.9. The van der Waals surface area contributed by atoms with Crippen LogP contribution in [0.4, 0.5) is 11.4 Å². The predicted molar refractivity (Wildman–Crippen MR) is 97.0 cm³/mol. The zero-order valence-electron chi connectivity index (χ0n) is 14.0. The van der Waals surface area contributed by atoms with Crippen LogP contribution in [0.15, 0.2) is 53.4 Å². The van der Waals surface area contributed by atoms with Crippen LogP contribution in [0.25, 0.3) is 0 Å². The Morgan fingerprint density at radius 3 is 2.33 bits per heavy atom. The van der Waals surface area contributed by atoms with E-state index in [1.165, 1.54) is 23.7 Å². The molecule has 2 aromatic carbocycles. The maximum Gasteiger partial charge on any atom is 0.284 e. The van der Waals surface area contributed by atoms with E-state index >= 15 is 0 Å². The summed E-state index contributed by atoms with van der Waals surface area (Å²) in [5.41, 5.74) is 2.16. The molecule has 1 amide bonds. The summed E-state index contributed by atoms with van der Waals surface area (Å²) in [6.07, 6.45) is -0.0306. The molecule has 0 unspecified atom stereocenters. The molecule has 11 heteroatoms. The average molecular weight is 392 g/mol. The molecule has 2 aromatic rings. The highest BCUT2D eigenvalue weighted by atomic mass is 32.2. The third-order valence-corrected chi connectivity index (χ3v) is 4.62. The number of para-hydroxylation sites is 1. The number of hydroxylamine groups is 1. The average Bonchev–Trinajstić information content (AvgIpc) is 2.66. The maximum atomic E-state index is 11.3. The topological polar surface area (TPSA) is 139 Å². The van der Waals surface area contributed by atoms with Crippen molar-refractivity contribution in [1.29, 1.82) is 0 Å². The molecular weight excluding hydrogens is 376 g/mol. The van der Waals surface area contributed by atoms with Crippen molar-refractivity contribution in [3.63, 3.8) is 0 Å². The van der Waals surface area contributed by atoms with Gasteiger partial charge in [-0.15, -0.1) is 0 Å². The van der Waals surface area contributed by atoms with Gasteiger partial charge in [0.1, 0.15) is 4.90 Å². The van der Waals surface area contributed by atoms with Crippen LogP contribution < -0.4 is 5.48 Å². The summed E-state index contributed by atoms with van der Waals surface area (Å²) >= 11 is 1.10. The standard InChI is InChI=1S/C16H16N4O6S/c21-16(17-22)9-10-18(11-12-5-7-13(8-6-12)19(23)24)27-15-4-2-1-3-14(15)20(25)26/h1-8,22H,9-11H2,(H,17,21). The van der Waals surface area contributed by atoms with E-state index in [-0.39, 0.29) is 30.9 Å². The second-order valence-electron chi connectivity index (χ2n) is 5.39. The van der Waals surface area contributed by atoms with Gasteiger partial charge in [0, 0.05) is 37.7 Å². The lowest BCUT2D eigenvalue weighted by Gasteiger charge is -2.20. The number of benzene rings is 2. The van der Waals surface area contributed by atoms with Gasteiger partial charge >= 0.3 is 0 Å². The summed E-state index contributed by atoms with van der Waals surface area (Å²) in [4.78, 5) is 32.7. The van der Waals surface area contributed by atoms with Crippen molar-refractivity contribution in [3.05, 3.63) is 74.3 Å². The first-order valence-electron chi connectivity index (χ1n) is 7.73. The number of hydrogen-bond donors (Lipinski definition) is 2. The molecule has 0 fully saturated rings. The molecule has 0 aliphatic carbocycles. The van der Waals surface area contributed by atoms with Gasteiger partial charge in [-0.1, -0.05) is 24.3 Å². The van der Waals surface area contributed by atoms with E-state index in [2.05, 4.69) is 0 Å². The molecular formula is C16H16N4O6S. The van der Waals surface area contributed by atoms with Crippen molar-refractivity contribution >= 4 is 29.2 Å². The second-order valence-corrected chi connectivity index (χ2v) is 6.53. The van der Waals surface area contributed by atoms with E-state index in [4.69, 9.17) is 5.21 Å². The highest BCUT2D eigenvalue weighted by molar-refractivity contribution is 7.97. The molecule has 0 saturated heterocycles. The Kier molecular flexibility index (Phi) is 7.23. The smallest absolute Gasteiger partial charge is 0.284 e. The summed E-state index contributed by atoms with van der Waals surface area (Å²) in [5, 5.41) is 30.6. The molecule has 27 heavy (non-hydrogen) atoms. The van der Waals surface area contributed by atoms with Crippen molar-refractivity contribution < 1.29 is 19.8 Å². The molecule has 0 radical (unpaired) electrons. The SMILES string of the molecule is O=C(CCN(Cc1ccc([N+](=O)[O-])cc1)Sc1ccccc1[N+](=O)[O-])NO. The van der Waals surface area contributed by atoms with Gasteiger partial charge in [-0.3, -0.25) is 30.2 Å². The van der Waals surface area contributed by atoms with Crippen molar-refractivity contribution in [2.24, 2.45) is 0 Å². The monoisotopic (exact) mass is 392 g/mol. The minimum absolute atomic E-state index is 0.0306. The Hall–Kier alpha value is -3.02. The Labute approximate surface area is 158 Å². The van der Waals surface area contributed by atoms with Gasteiger partial charge < -0.3 is 0 Å². The summed E-state index contributed by atoms with van der Waals surface area (Å²) in [6, 6.07) is 12.1. The van der Waals surface area contributed by atoms with Gasteiger partial charge in [-0.25, -0.2) is 9.79 Å². The van der Waals surface area contributed by atoms with Crippen LogP contribution in [0.5, 0.6) is 0 Å². The van der Waals surface area contributed by atoms with Gasteiger partial charge in [0.15, 0.2) is 0 Å². The normalized spacial score (nSPS) is 10.6. The van der Waals surface area contributed by atoms with Gasteiger partial charge in [-0.05, 0) is 23.6 Å². The fraction of sp³-hybridized carbons (Fsp3) is 0.188. The first kappa shape index (κ1) is 20.3. The molecule has 0 aromatic heterocycles. The first-order valence-corrected chi connectivity index (χ1v) is 8.50. The van der Waals surface area contributed by atoms with E-state index in [0.717, 1.165) is 17.5 Å². The van der Waals surface area contributed by atoms with Crippen molar-refractivity contribution in [1.82, 2.24) is 9.79 Å². The lowest BCUT2D eigenvalue weighted by molar-refractivity contribution is -0.387. The summed E-state index contributed by atoms with van der Waals surface area (Å²) in [7, 11) is 0. The summed E-state index contributed by atoms with van der Waals surface area (Å²) < 4.78 is 1.71. The Bertz CT molecular complexity index is 830. The number of nitro benzene ring substituents is 2. The summed E-state index contributed by atoms with van der Waals surface area (Å²) in [5.74, 6) is -0.591. The lowest BCUT2D eigenvalue weighted by Crippen LogP contribution is -2.25. The molecule has 0 saturated carbocycles. The highest BCUT2D eigenvalue weighted by Crippen LogP contribution is 2.32. The molecule has 0 aliphatic heterocycles. The number of non-ortho nitro benzene ring substituents is 1. The number of carbonyl (C=O) groups excluding carboxylic acids is 1. The number of carbonyl (C=O) groups is 1. The van der Waals surface area contributed by atoms with E-state index in [1.54, 1.807) is 34.6 Å². The Morgan fingerprint density at radius 2 is 1.74 bits per heavy atom. The number of hydrogen-bond acceptors (Lipinski definition) is 8. The summed E-state index contributed by atoms with van der Waals surface area (Å²) in [6.45, 7) is 0.480. The third kappa shape index (κ3) is 6.02. The van der Waals surface area contributed by atoms with Crippen LogP contribution in [-0.2, 0) is 11.3 Å². The number of rotatable bonds is 9. The molecule has 10 nitrogen and oxygen atoms in total. The number of nitrogens with one attached hydrogen (secondary N) is 1. The molecule has 0 bridgehead atoms. The zero-order valence-corrected chi connectivity index (χ0v) is 14.8. The molecule has 2 N–H and O–H groups in total. The lowest BCUT2D eigenvalue weighted by atomic mass is 10.2.